The molecular formula is C18H29NO2. The Kier molecular flexibility index (Phi) is 6.07. The fraction of sp³-hybridized carbons (Fsp3) is 0.667. The van der Waals surface area contributed by atoms with Gasteiger partial charge in [0.05, 0.1) is 6.10 Å². The van der Waals surface area contributed by atoms with Crippen LogP contribution in [-0.4, -0.2) is 25.9 Å². The van der Waals surface area contributed by atoms with Gasteiger partial charge in [0, 0.05) is 25.1 Å². The lowest BCUT2D eigenvalue weighted by atomic mass is 9.94. The fourth-order valence-electron chi connectivity index (χ4n) is 3.13. The van der Waals surface area contributed by atoms with Crippen molar-refractivity contribution in [3.05, 3.63) is 29.3 Å². The van der Waals surface area contributed by atoms with Crippen LogP contribution in [0, 0.1) is 6.92 Å². The van der Waals surface area contributed by atoms with Crippen molar-refractivity contribution < 1.29 is 9.47 Å². The number of hydrogen-bond donors (Lipinski definition) is 1. The van der Waals surface area contributed by atoms with Crippen LogP contribution < -0.4 is 10.1 Å². The van der Waals surface area contributed by atoms with Gasteiger partial charge in [-0.1, -0.05) is 24.6 Å². The van der Waals surface area contributed by atoms with Gasteiger partial charge in [-0.05, 0) is 45.7 Å². The quantitative estimate of drug-likeness (QED) is 0.859. The first kappa shape index (κ1) is 16.3. The van der Waals surface area contributed by atoms with E-state index in [1.165, 1.54) is 17.5 Å². The lowest BCUT2D eigenvalue weighted by Gasteiger charge is -2.30. The lowest BCUT2D eigenvalue weighted by Crippen LogP contribution is -2.30. The van der Waals surface area contributed by atoms with Crippen LogP contribution in [0.2, 0.25) is 0 Å². The average Bonchev–Trinajstić information content (AvgIpc) is 2.49. The van der Waals surface area contributed by atoms with Gasteiger partial charge in [0.25, 0.3) is 0 Å². The minimum Gasteiger partial charge on any atom is -0.490 e. The minimum atomic E-state index is 0.277. The molecule has 0 aliphatic heterocycles. The summed E-state index contributed by atoms with van der Waals surface area (Å²) >= 11 is 0. The van der Waals surface area contributed by atoms with Crippen molar-refractivity contribution in [2.75, 3.05) is 13.7 Å². The highest BCUT2D eigenvalue weighted by atomic mass is 16.5. The smallest absolute Gasteiger partial charge is 0.124 e. The van der Waals surface area contributed by atoms with Crippen molar-refractivity contribution in [3.63, 3.8) is 0 Å². The minimum absolute atomic E-state index is 0.277. The van der Waals surface area contributed by atoms with Gasteiger partial charge < -0.3 is 14.8 Å². The van der Waals surface area contributed by atoms with Crippen molar-refractivity contribution in [1.29, 1.82) is 0 Å². The van der Waals surface area contributed by atoms with E-state index < -0.39 is 0 Å². The molecule has 1 N–H and O–H groups in total. The molecule has 1 saturated carbocycles. The van der Waals surface area contributed by atoms with E-state index in [0.717, 1.165) is 31.6 Å². The molecule has 0 heterocycles. The Balaban J connectivity index is 2.11. The summed E-state index contributed by atoms with van der Waals surface area (Å²) in [5.41, 5.74) is 2.54. The summed E-state index contributed by atoms with van der Waals surface area (Å²) < 4.78 is 11.8. The molecule has 0 amide bonds. The van der Waals surface area contributed by atoms with Crippen molar-refractivity contribution in [2.45, 2.75) is 64.7 Å². The van der Waals surface area contributed by atoms with Crippen LogP contribution >= 0.6 is 0 Å². The normalized spacial score (nSPS) is 23.8. The van der Waals surface area contributed by atoms with E-state index in [4.69, 9.17) is 9.47 Å². The Hall–Kier alpha value is -1.06. The molecule has 1 aromatic rings. The van der Waals surface area contributed by atoms with Gasteiger partial charge in [0.1, 0.15) is 11.9 Å². The van der Waals surface area contributed by atoms with Crippen LogP contribution in [0.3, 0.4) is 0 Å². The number of ether oxygens (including phenoxy) is 2. The monoisotopic (exact) mass is 291 g/mol. The summed E-state index contributed by atoms with van der Waals surface area (Å²) in [4.78, 5) is 0. The molecule has 0 spiro atoms. The average molecular weight is 291 g/mol. The third-order valence-electron chi connectivity index (χ3n) is 4.35. The third kappa shape index (κ3) is 4.45. The summed E-state index contributed by atoms with van der Waals surface area (Å²) in [7, 11) is 1.80. The van der Waals surface area contributed by atoms with Gasteiger partial charge in [0.15, 0.2) is 0 Å². The van der Waals surface area contributed by atoms with Crippen molar-refractivity contribution in [1.82, 2.24) is 5.32 Å². The van der Waals surface area contributed by atoms with E-state index in [1.807, 2.05) is 0 Å². The molecular weight excluding hydrogens is 262 g/mol. The summed E-state index contributed by atoms with van der Waals surface area (Å²) in [6, 6.07) is 6.80. The van der Waals surface area contributed by atoms with E-state index >= 15 is 0 Å². The van der Waals surface area contributed by atoms with Gasteiger partial charge >= 0.3 is 0 Å². The maximum absolute atomic E-state index is 6.32. The van der Waals surface area contributed by atoms with Crippen LogP contribution in [-0.2, 0) is 4.74 Å². The first-order valence-electron chi connectivity index (χ1n) is 8.17. The van der Waals surface area contributed by atoms with Crippen molar-refractivity contribution in [2.24, 2.45) is 0 Å². The van der Waals surface area contributed by atoms with Crippen LogP contribution in [0.4, 0.5) is 0 Å². The number of nitrogens with one attached hydrogen (secondary N) is 1. The fourth-order valence-corrected chi connectivity index (χ4v) is 3.13. The van der Waals surface area contributed by atoms with E-state index in [-0.39, 0.29) is 6.10 Å². The van der Waals surface area contributed by atoms with Crippen LogP contribution in [0.5, 0.6) is 5.75 Å². The topological polar surface area (TPSA) is 30.5 Å². The molecule has 21 heavy (non-hydrogen) atoms. The molecule has 3 atom stereocenters. The molecule has 0 bridgehead atoms. The summed E-state index contributed by atoms with van der Waals surface area (Å²) in [6.45, 7) is 7.43. The van der Waals surface area contributed by atoms with Gasteiger partial charge in [-0.15, -0.1) is 0 Å². The standard InChI is InChI=1S/C18H29NO2/c1-5-19-14(3)17-11-13(2)9-10-18(17)21-16-8-6-7-15(12-16)20-4/h9-11,14-16,19H,5-8,12H2,1-4H3. The molecule has 3 heteroatoms. The molecule has 1 fully saturated rings. The molecule has 1 aliphatic carbocycles. The molecule has 0 radical (unpaired) electrons. The van der Waals surface area contributed by atoms with E-state index in [1.54, 1.807) is 7.11 Å². The highest BCUT2D eigenvalue weighted by Gasteiger charge is 2.24. The summed E-state index contributed by atoms with van der Waals surface area (Å²) in [6.07, 6.45) is 5.10. The molecule has 118 valence electrons. The van der Waals surface area contributed by atoms with Crippen molar-refractivity contribution in [3.8, 4) is 5.75 Å². The summed E-state index contributed by atoms with van der Waals surface area (Å²) in [5, 5.41) is 3.48. The third-order valence-corrected chi connectivity index (χ3v) is 4.35. The van der Waals surface area contributed by atoms with Crippen LogP contribution in [0.15, 0.2) is 18.2 Å². The Morgan fingerprint density at radius 1 is 1.29 bits per heavy atom. The summed E-state index contributed by atoms with van der Waals surface area (Å²) in [5.74, 6) is 1.02. The molecule has 3 nitrogen and oxygen atoms in total. The zero-order valence-corrected chi connectivity index (χ0v) is 13.8. The first-order chi connectivity index (χ1) is 10.1. The number of benzene rings is 1. The molecule has 2 rings (SSSR count). The first-order valence-corrected chi connectivity index (χ1v) is 8.17. The van der Waals surface area contributed by atoms with E-state index in [2.05, 4.69) is 44.3 Å². The predicted octanol–water partition coefficient (Wildman–Crippen LogP) is 4.00. The van der Waals surface area contributed by atoms with Gasteiger partial charge in [-0.2, -0.15) is 0 Å². The number of aryl methyl sites for hydroxylation is 1. The number of rotatable bonds is 6. The second-order valence-electron chi connectivity index (χ2n) is 6.08. The van der Waals surface area contributed by atoms with Crippen molar-refractivity contribution >= 4 is 0 Å². The Bertz CT molecular complexity index is 447. The van der Waals surface area contributed by atoms with Gasteiger partial charge in [0.2, 0.25) is 0 Å². The molecule has 0 aromatic heterocycles. The highest BCUT2D eigenvalue weighted by molar-refractivity contribution is 5.39. The predicted molar refractivity (Wildman–Crippen MR) is 87.0 cm³/mol. The molecule has 3 unspecified atom stereocenters. The second kappa shape index (κ2) is 7.81. The Morgan fingerprint density at radius 3 is 2.76 bits per heavy atom. The highest BCUT2D eigenvalue weighted by Crippen LogP contribution is 2.31. The van der Waals surface area contributed by atoms with E-state index in [0.29, 0.717) is 12.1 Å². The lowest BCUT2D eigenvalue weighted by molar-refractivity contribution is 0.0205. The maximum Gasteiger partial charge on any atom is 0.124 e. The zero-order valence-electron chi connectivity index (χ0n) is 13.8. The van der Waals surface area contributed by atoms with E-state index in [9.17, 15) is 0 Å². The van der Waals surface area contributed by atoms with Gasteiger partial charge in [-0.3, -0.25) is 0 Å². The maximum atomic E-state index is 6.32. The molecule has 0 saturated heterocycles. The Morgan fingerprint density at radius 2 is 2.05 bits per heavy atom. The number of methoxy groups -OCH3 is 1. The van der Waals surface area contributed by atoms with Crippen LogP contribution in [0.1, 0.15) is 56.7 Å². The van der Waals surface area contributed by atoms with Gasteiger partial charge in [-0.25, -0.2) is 0 Å². The second-order valence-corrected chi connectivity index (χ2v) is 6.08. The zero-order chi connectivity index (χ0) is 15.2. The van der Waals surface area contributed by atoms with Crippen LogP contribution in [0.25, 0.3) is 0 Å². The largest absolute Gasteiger partial charge is 0.490 e. The molecule has 1 aliphatic rings. The number of hydrogen-bond acceptors (Lipinski definition) is 3. The Labute approximate surface area is 129 Å². The molecule has 1 aromatic carbocycles. The SMILES string of the molecule is CCNC(C)c1cc(C)ccc1OC1CCCC(OC)C1.